The Morgan fingerprint density at radius 3 is 2.50 bits per heavy atom. The number of hydrogen-bond acceptors (Lipinski definition) is 4. The van der Waals surface area contributed by atoms with Crippen LogP contribution in [0.1, 0.15) is 13.8 Å². The maximum atomic E-state index is 11.7. The van der Waals surface area contributed by atoms with Crippen molar-refractivity contribution in [2.75, 3.05) is 25.6 Å². The average Bonchev–Trinajstić information content (AvgIpc) is 2.65. The summed E-state index contributed by atoms with van der Waals surface area (Å²) in [6.45, 7) is 4.63. The molecular weight excluding hydrogens is 278 g/mol. The van der Waals surface area contributed by atoms with Gasteiger partial charge in [-0.3, -0.25) is 5.01 Å². The molecule has 0 saturated carbocycles. The van der Waals surface area contributed by atoms with E-state index in [-0.39, 0.29) is 5.41 Å². The van der Waals surface area contributed by atoms with E-state index in [0.717, 1.165) is 5.69 Å². The molecular formula is C14H18ClN3O2. The summed E-state index contributed by atoms with van der Waals surface area (Å²) >= 11 is 5.88. The Balaban J connectivity index is 2.20. The molecule has 0 unspecified atom stereocenters. The molecule has 0 saturated heterocycles. The lowest BCUT2D eigenvalue weighted by Crippen LogP contribution is -2.33. The Kier molecular flexibility index (Phi) is 3.90. The SMILES string of the molecule is CN(C)C(=O)OC1=NN(c2ccc(Cl)cc2)CC1(C)C. The van der Waals surface area contributed by atoms with Gasteiger partial charge >= 0.3 is 6.09 Å². The van der Waals surface area contributed by atoms with Crippen LogP contribution < -0.4 is 5.01 Å². The van der Waals surface area contributed by atoms with Gasteiger partial charge in [0.15, 0.2) is 0 Å². The summed E-state index contributed by atoms with van der Waals surface area (Å²) < 4.78 is 5.33. The first-order valence-electron chi connectivity index (χ1n) is 6.31. The molecule has 0 N–H and O–H groups in total. The molecule has 1 aliphatic heterocycles. The zero-order valence-corrected chi connectivity index (χ0v) is 12.8. The van der Waals surface area contributed by atoms with Gasteiger partial charge in [0.1, 0.15) is 0 Å². The molecule has 1 aromatic carbocycles. The van der Waals surface area contributed by atoms with Crippen LogP contribution in [-0.2, 0) is 4.74 Å². The molecule has 0 fully saturated rings. The van der Waals surface area contributed by atoms with Gasteiger partial charge in [-0.05, 0) is 38.1 Å². The number of amides is 1. The third kappa shape index (κ3) is 3.04. The van der Waals surface area contributed by atoms with Crippen molar-refractivity contribution in [1.82, 2.24) is 4.90 Å². The highest BCUT2D eigenvalue weighted by atomic mass is 35.5. The number of hydrogen-bond donors (Lipinski definition) is 0. The predicted molar refractivity (Wildman–Crippen MR) is 80.2 cm³/mol. The Morgan fingerprint density at radius 2 is 1.95 bits per heavy atom. The number of nitrogens with zero attached hydrogens (tertiary/aromatic N) is 3. The fourth-order valence-corrected chi connectivity index (χ4v) is 1.94. The van der Waals surface area contributed by atoms with Crippen LogP contribution in [0, 0.1) is 5.41 Å². The topological polar surface area (TPSA) is 45.1 Å². The molecule has 20 heavy (non-hydrogen) atoms. The second kappa shape index (κ2) is 5.32. The highest BCUT2D eigenvalue weighted by Crippen LogP contribution is 2.31. The van der Waals surface area contributed by atoms with E-state index < -0.39 is 6.09 Å². The molecule has 1 aromatic rings. The van der Waals surface area contributed by atoms with Gasteiger partial charge in [-0.15, -0.1) is 5.10 Å². The maximum Gasteiger partial charge on any atom is 0.415 e. The van der Waals surface area contributed by atoms with Gasteiger partial charge in [-0.25, -0.2) is 4.79 Å². The van der Waals surface area contributed by atoms with Crippen molar-refractivity contribution in [3.63, 3.8) is 0 Å². The van der Waals surface area contributed by atoms with Crippen LogP contribution in [-0.4, -0.2) is 37.5 Å². The number of rotatable bonds is 1. The third-order valence-electron chi connectivity index (χ3n) is 3.01. The summed E-state index contributed by atoms with van der Waals surface area (Å²) in [5, 5.41) is 6.89. The zero-order valence-electron chi connectivity index (χ0n) is 12.1. The first kappa shape index (κ1) is 14.7. The Hall–Kier alpha value is -1.75. The number of hydrazone groups is 1. The van der Waals surface area contributed by atoms with E-state index in [1.807, 2.05) is 43.1 Å². The minimum Gasteiger partial charge on any atom is -0.393 e. The Morgan fingerprint density at radius 1 is 1.35 bits per heavy atom. The molecule has 108 valence electrons. The van der Waals surface area contributed by atoms with Crippen LogP contribution in [0.4, 0.5) is 10.5 Å². The lowest BCUT2D eigenvalue weighted by atomic mass is 9.94. The van der Waals surface area contributed by atoms with Gasteiger partial charge in [-0.2, -0.15) is 0 Å². The third-order valence-corrected chi connectivity index (χ3v) is 3.26. The van der Waals surface area contributed by atoms with Gasteiger partial charge in [0.05, 0.1) is 17.6 Å². The smallest absolute Gasteiger partial charge is 0.393 e. The van der Waals surface area contributed by atoms with Crippen LogP contribution in [0.3, 0.4) is 0 Å². The van der Waals surface area contributed by atoms with E-state index in [0.29, 0.717) is 17.5 Å². The fourth-order valence-electron chi connectivity index (χ4n) is 1.82. The normalized spacial score (nSPS) is 16.9. The lowest BCUT2D eigenvalue weighted by molar-refractivity contribution is 0.163. The molecule has 1 heterocycles. The summed E-state index contributed by atoms with van der Waals surface area (Å²) in [7, 11) is 3.28. The van der Waals surface area contributed by atoms with E-state index in [2.05, 4.69) is 5.10 Å². The average molecular weight is 296 g/mol. The molecule has 1 aliphatic rings. The lowest BCUT2D eigenvalue weighted by Gasteiger charge is -2.21. The quantitative estimate of drug-likeness (QED) is 0.799. The Labute approximate surface area is 123 Å². The zero-order chi connectivity index (χ0) is 14.9. The molecule has 0 bridgehead atoms. The Bertz CT molecular complexity index is 538. The van der Waals surface area contributed by atoms with E-state index in [1.54, 1.807) is 14.1 Å². The highest BCUT2D eigenvalue weighted by Gasteiger charge is 2.38. The van der Waals surface area contributed by atoms with Crippen LogP contribution in [0.2, 0.25) is 5.02 Å². The van der Waals surface area contributed by atoms with Crippen molar-refractivity contribution >= 4 is 29.3 Å². The molecule has 0 aromatic heterocycles. The van der Waals surface area contributed by atoms with Gasteiger partial charge < -0.3 is 9.64 Å². The fraction of sp³-hybridized carbons (Fsp3) is 0.429. The predicted octanol–water partition coefficient (Wildman–Crippen LogP) is 3.20. The maximum absolute atomic E-state index is 11.7. The van der Waals surface area contributed by atoms with Gasteiger partial charge in [0.25, 0.3) is 0 Å². The largest absolute Gasteiger partial charge is 0.415 e. The molecule has 1 amide bonds. The molecule has 0 spiro atoms. The number of ether oxygens (including phenoxy) is 1. The van der Waals surface area contributed by atoms with Crippen molar-refractivity contribution in [3.05, 3.63) is 29.3 Å². The first-order valence-corrected chi connectivity index (χ1v) is 6.69. The van der Waals surface area contributed by atoms with Gasteiger partial charge in [-0.1, -0.05) is 11.6 Å². The number of carbonyl (C=O) groups excluding carboxylic acids is 1. The van der Waals surface area contributed by atoms with Crippen LogP contribution >= 0.6 is 11.6 Å². The molecule has 0 radical (unpaired) electrons. The van der Waals surface area contributed by atoms with Crippen LogP contribution in [0.15, 0.2) is 29.4 Å². The van der Waals surface area contributed by atoms with E-state index in [1.165, 1.54) is 4.90 Å². The van der Waals surface area contributed by atoms with Crippen molar-refractivity contribution in [1.29, 1.82) is 0 Å². The van der Waals surface area contributed by atoms with E-state index >= 15 is 0 Å². The highest BCUT2D eigenvalue weighted by molar-refractivity contribution is 6.30. The molecule has 0 atom stereocenters. The second-order valence-corrected chi connectivity index (χ2v) is 6.02. The number of benzene rings is 1. The molecule has 2 rings (SSSR count). The number of anilines is 1. The van der Waals surface area contributed by atoms with Crippen LogP contribution in [0.5, 0.6) is 0 Å². The van der Waals surface area contributed by atoms with E-state index in [9.17, 15) is 4.79 Å². The summed E-state index contributed by atoms with van der Waals surface area (Å²) in [5.41, 5.74) is 0.587. The number of halogens is 1. The summed E-state index contributed by atoms with van der Waals surface area (Å²) in [5.74, 6) is 0.422. The summed E-state index contributed by atoms with van der Waals surface area (Å²) in [6.07, 6.45) is -0.421. The van der Waals surface area contributed by atoms with Crippen molar-refractivity contribution < 1.29 is 9.53 Å². The monoisotopic (exact) mass is 295 g/mol. The van der Waals surface area contributed by atoms with Crippen molar-refractivity contribution in [2.45, 2.75) is 13.8 Å². The van der Waals surface area contributed by atoms with Gasteiger partial charge in [0, 0.05) is 19.1 Å². The van der Waals surface area contributed by atoms with Crippen molar-refractivity contribution in [3.8, 4) is 0 Å². The number of carbonyl (C=O) groups is 1. The first-order chi connectivity index (χ1) is 9.29. The van der Waals surface area contributed by atoms with Gasteiger partial charge in [0.2, 0.25) is 5.90 Å². The summed E-state index contributed by atoms with van der Waals surface area (Å²) in [4.78, 5) is 13.0. The minimum atomic E-state index is -0.421. The minimum absolute atomic E-state index is 0.328. The van der Waals surface area contributed by atoms with Crippen molar-refractivity contribution in [2.24, 2.45) is 10.5 Å². The molecule has 6 heteroatoms. The molecule has 0 aliphatic carbocycles. The summed E-state index contributed by atoms with van der Waals surface area (Å²) in [6, 6.07) is 7.39. The van der Waals surface area contributed by atoms with E-state index in [4.69, 9.17) is 16.3 Å². The molecule has 5 nitrogen and oxygen atoms in total. The second-order valence-electron chi connectivity index (χ2n) is 5.59. The standard InChI is InChI=1S/C14H18ClN3O2/c1-14(2)9-18(11-7-5-10(15)6-8-11)16-12(14)20-13(19)17(3)4/h5-8H,9H2,1-4H3. The van der Waals surface area contributed by atoms with Crippen LogP contribution in [0.25, 0.3) is 0 Å².